The Morgan fingerprint density at radius 1 is 0.825 bits per heavy atom. The molecule has 0 aliphatic rings. The Labute approximate surface area is 227 Å². The Morgan fingerprint density at radius 3 is 1.93 bits per heavy atom. The second-order valence-electron chi connectivity index (χ2n) is 8.56. The third-order valence-corrected chi connectivity index (χ3v) is 5.30. The van der Waals surface area contributed by atoms with Crippen LogP contribution in [0.2, 0.25) is 0 Å². The van der Waals surface area contributed by atoms with Crippen LogP contribution in [0.3, 0.4) is 0 Å². The number of aliphatic hydroxyl groups is 1. The van der Waals surface area contributed by atoms with Crippen LogP contribution in [-0.4, -0.2) is 99.2 Å². The summed E-state index contributed by atoms with van der Waals surface area (Å²) in [5.74, 6) is -7.79. The lowest BCUT2D eigenvalue weighted by molar-refractivity contribution is -0.144. The van der Waals surface area contributed by atoms with Gasteiger partial charge in [-0.1, -0.05) is 12.1 Å². The molecule has 1 aromatic carbocycles. The standard InChI is InChI=1S/C23H32N6O11/c24-13(5-6-17(25)32)20(36)26-9-18(33)27-14(7-11-1-3-12(31)4-2-11)21(37)28-15(8-19(34)35)22(38)29-16(10-30)23(39)40/h1-4,13-16,30-31H,5-10,24H2,(H2,25,32)(H,26,36)(H,27,33)(H,28,37)(H,29,38)(H,34,35)(H,39,40)/t13-,14-,15-,16-/m0/s1. The van der Waals surface area contributed by atoms with Crippen molar-refractivity contribution in [1.29, 1.82) is 0 Å². The van der Waals surface area contributed by atoms with E-state index in [1.54, 1.807) is 0 Å². The molecule has 5 amide bonds. The van der Waals surface area contributed by atoms with Gasteiger partial charge in [-0.25, -0.2) is 4.79 Å². The van der Waals surface area contributed by atoms with Crippen LogP contribution in [-0.2, 0) is 40.0 Å². The summed E-state index contributed by atoms with van der Waals surface area (Å²) in [7, 11) is 0. The number of primary amides is 1. The van der Waals surface area contributed by atoms with Crippen LogP contribution in [0.5, 0.6) is 5.75 Å². The van der Waals surface area contributed by atoms with E-state index in [1.165, 1.54) is 24.3 Å². The van der Waals surface area contributed by atoms with Gasteiger partial charge in [0.2, 0.25) is 29.5 Å². The van der Waals surface area contributed by atoms with Gasteiger partial charge in [-0.3, -0.25) is 28.8 Å². The van der Waals surface area contributed by atoms with E-state index in [9.17, 15) is 38.7 Å². The van der Waals surface area contributed by atoms with Gasteiger partial charge < -0.3 is 53.2 Å². The molecule has 0 spiro atoms. The van der Waals surface area contributed by atoms with Gasteiger partial charge in [-0.2, -0.15) is 0 Å². The maximum absolute atomic E-state index is 13.1. The highest BCUT2D eigenvalue weighted by molar-refractivity contribution is 5.96. The van der Waals surface area contributed by atoms with Gasteiger partial charge in [0.25, 0.3) is 0 Å². The van der Waals surface area contributed by atoms with Gasteiger partial charge in [0.05, 0.1) is 25.6 Å². The fourth-order valence-electron chi connectivity index (χ4n) is 3.16. The maximum atomic E-state index is 13.1. The number of carboxylic acids is 2. The van der Waals surface area contributed by atoms with Crippen LogP contribution in [0.4, 0.5) is 0 Å². The lowest BCUT2D eigenvalue weighted by Crippen LogP contribution is -2.58. The highest BCUT2D eigenvalue weighted by atomic mass is 16.4. The van der Waals surface area contributed by atoms with Crippen LogP contribution >= 0.6 is 0 Å². The first-order chi connectivity index (χ1) is 18.7. The number of amides is 5. The molecule has 1 rings (SSSR count). The molecule has 0 aliphatic heterocycles. The number of benzene rings is 1. The number of carbonyl (C=O) groups is 7. The summed E-state index contributed by atoms with van der Waals surface area (Å²) in [6.07, 6.45) is -1.40. The quantitative estimate of drug-likeness (QED) is 0.0852. The second-order valence-corrected chi connectivity index (χ2v) is 8.56. The van der Waals surface area contributed by atoms with E-state index in [0.29, 0.717) is 5.56 Å². The van der Waals surface area contributed by atoms with E-state index in [2.05, 4.69) is 16.0 Å². The fraction of sp³-hybridized carbons (Fsp3) is 0.435. The SMILES string of the molecule is NC(=O)CC[C@H](N)C(=O)NCC(=O)N[C@@H](Cc1ccc(O)cc1)C(=O)N[C@@H](CC(=O)O)C(=O)N[C@@H](CO)C(=O)O. The van der Waals surface area contributed by atoms with E-state index in [4.69, 9.17) is 26.8 Å². The third kappa shape index (κ3) is 12.2. The molecule has 0 saturated heterocycles. The number of aliphatic hydroxyl groups excluding tert-OH is 1. The molecule has 0 fully saturated rings. The molecular formula is C23H32N6O11. The molecular weight excluding hydrogens is 536 g/mol. The Bertz CT molecular complexity index is 1100. The minimum absolute atomic E-state index is 0.0687. The van der Waals surface area contributed by atoms with Gasteiger partial charge >= 0.3 is 11.9 Å². The van der Waals surface area contributed by atoms with Crippen molar-refractivity contribution < 1.29 is 54.0 Å². The van der Waals surface area contributed by atoms with E-state index >= 15 is 0 Å². The van der Waals surface area contributed by atoms with Crippen LogP contribution in [0.15, 0.2) is 24.3 Å². The van der Waals surface area contributed by atoms with Crippen LogP contribution < -0.4 is 32.7 Å². The molecule has 0 saturated carbocycles. The first-order valence-electron chi connectivity index (χ1n) is 11.8. The first kappa shape index (κ1) is 33.3. The molecule has 220 valence electrons. The van der Waals surface area contributed by atoms with Crippen LogP contribution in [0.25, 0.3) is 0 Å². The zero-order valence-corrected chi connectivity index (χ0v) is 21.2. The number of aliphatic carboxylic acids is 2. The third-order valence-electron chi connectivity index (χ3n) is 5.30. The lowest BCUT2D eigenvalue weighted by Gasteiger charge is -2.23. The van der Waals surface area contributed by atoms with Crippen molar-refractivity contribution in [2.45, 2.75) is 49.9 Å². The van der Waals surface area contributed by atoms with Gasteiger partial charge in [0.15, 0.2) is 0 Å². The monoisotopic (exact) mass is 568 g/mol. The number of phenolic OH excluding ortho intramolecular Hbond substituents is 1. The van der Waals surface area contributed by atoms with Crippen molar-refractivity contribution >= 4 is 41.5 Å². The zero-order valence-electron chi connectivity index (χ0n) is 21.2. The summed E-state index contributed by atoms with van der Waals surface area (Å²) in [4.78, 5) is 83.4. The maximum Gasteiger partial charge on any atom is 0.328 e. The van der Waals surface area contributed by atoms with E-state index in [1.807, 2.05) is 5.32 Å². The number of hydrogen-bond acceptors (Lipinski definition) is 10. The van der Waals surface area contributed by atoms with E-state index < -0.39 is 85.2 Å². The Hall–Kier alpha value is -4.77. The Balaban J connectivity index is 3.03. The van der Waals surface area contributed by atoms with Crippen molar-refractivity contribution in [3.8, 4) is 5.75 Å². The Morgan fingerprint density at radius 2 is 1.40 bits per heavy atom. The minimum atomic E-state index is -1.79. The molecule has 0 aromatic heterocycles. The predicted octanol–water partition coefficient (Wildman–Crippen LogP) is -4.35. The van der Waals surface area contributed by atoms with Gasteiger partial charge in [-0.05, 0) is 24.1 Å². The molecule has 17 nitrogen and oxygen atoms in total. The molecule has 0 aliphatic carbocycles. The van der Waals surface area contributed by atoms with Crippen molar-refractivity contribution in [1.82, 2.24) is 21.3 Å². The van der Waals surface area contributed by atoms with Crippen LogP contribution in [0, 0.1) is 0 Å². The molecule has 0 heterocycles. The average Bonchev–Trinajstić information content (AvgIpc) is 2.88. The van der Waals surface area contributed by atoms with Crippen molar-refractivity contribution in [3.05, 3.63) is 29.8 Å². The number of nitrogens with two attached hydrogens (primary N) is 2. The normalized spacial score (nSPS) is 13.6. The van der Waals surface area contributed by atoms with Crippen molar-refractivity contribution in [2.24, 2.45) is 11.5 Å². The minimum Gasteiger partial charge on any atom is -0.508 e. The number of nitrogens with one attached hydrogen (secondary N) is 4. The number of carbonyl (C=O) groups excluding carboxylic acids is 5. The smallest absolute Gasteiger partial charge is 0.328 e. The summed E-state index contributed by atoms with van der Waals surface area (Å²) in [5.41, 5.74) is 11.1. The largest absolute Gasteiger partial charge is 0.508 e. The molecule has 40 heavy (non-hydrogen) atoms. The number of carboxylic acid groups (broad SMARTS) is 2. The average molecular weight is 569 g/mol. The number of hydrogen-bond donors (Lipinski definition) is 10. The van der Waals surface area contributed by atoms with Gasteiger partial charge in [-0.15, -0.1) is 0 Å². The highest BCUT2D eigenvalue weighted by Gasteiger charge is 2.31. The molecule has 0 radical (unpaired) electrons. The van der Waals surface area contributed by atoms with Gasteiger partial charge in [0.1, 0.15) is 23.9 Å². The van der Waals surface area contributed by atoms with Crippen molar-refractivity contribution in [3.63, 3.8) is 0 Å². The summed E-state index contributed by atoms with van der Waals surface area (Å²) in [6, 6.07) is -0.659. The topological polar surface area (TPSA) is 301 Å². The van der Waals surface area contributed by atoms with E-state index in [0.717, 1.165) is 0 Å². The Kier molecular flexibility index (Phi) is 13.5. The number of phenols is 1. The van der Waals surface area contributed by atoms with Gasteiger partial charge in [0, 0.05) is 12.8 Å². The summed E-state index contributed by atoms with van der Waals surface area (Å²) in [5, 5.41) is 45.4. The first-order valence-corrected chi connectivity index (χ1v) is 11.8. The van der Waals surface area contributed by atoms with Crippen LogP contribution in [0.1, 0.15) is 24.8 Å². The van der Waals surface area contributed by atoms with Crippen molar-refractivity contribution in [2.75, 3.05) is 13.2 Å². The fourth-order valence-corrected chi connectivity index (χ4v) is 3.16. The molecule has 0 bridgehead atoms. The summed E-state index contributed by atoms with van der Waals surface area (Å²) >= 11 is 0. The number of rotatable bonds is 17. The second kappa shape index (κ2) is 16.2. The molecule has 12 N–H and O–H groups in total. The molecule has 1 aromatic rings. The molecule has 17 heteroatoms. The molecule has 0 unspecified atom stereocenters. The van der Waals surface area contributed by atoms with E-state index in [-0.39, 0.29) is 25.0 Å². The predicted molar refractivity (Wildman–Crippen MR) is 134 cm³/mol. The highest BCUT2D eigenvalue weighted by Crippen LogP contribution is 2.12. The lowest BCUT2D eigenvalue weighted by atomic mass is 10.0. The molecule has 4 atom stereocenters. The zero-order chi connectivity index (χ0) is 30.4. The number of aromatic hydroxyl groups is 1. The summed E-state index contributed by atoms with van der Waals surface area (Å²) < 4.78 is 0. The summed E-state index contributed by atoms with van der Waals surface area (Å²) in [6.45, 7) is -1.65.